The summed E-state index contributed by atoms with van der Waals surface area (Å²) in [7, 11) is 1.49. The molecule has 26 heavy (non-hydrogen) atoms. The highest BCUT2D eigenvalue weighted by atomic mass is 19.4. The number of hydrogen-bond donors (Lipinski definition) is 2. The number of amides is 2. The van der Waals surface area contributed by atoms with E-state index in [0.29, 0.717) is 13.0 Å². The van der Waals surface area contributed by atoms with Crippen molar-refractivity contribution in [1.82, 2.24) is 10.6 Å². The number of urea groups is 1. The molecule has 9 heteroatoms. The van der Waals surface area contributed by atoms with Gasteiger partial charge in [-0.1, -0.05) is 26.8 Å². The molecule has 0 bridgehead atoms. The van der Waals surface area contributed by atoms with Crippen LogP contribution in [-0.4, -0.2) is 38.4 Å². The van der Waals surface area contributed by atoms with Crippen molar-refractivity contribution in [3.63, 3.8) is 0 Å². The van der Waals surface area contributed by atoms with Gasteiger partial charge in [0.15, 0.2) is 11.5 Å². The molecule has 0 aromatic heterocycles. The van der Waals surface area contributed by atoms with Crippen LogP contribution in [0, 0.1) is 0 Å². The van der Waals surface area contributed by atoms with Crippen LogP contribution in [0.4, 0.5) is 18.0 Å². The van der Waals surface area contributed by atoms with Gasteiger partial charge in [0.1, 0.15) is 0 Å². The van der Waals surface area contributed by atoms with Crippen molar-refractivity contribution in [1.29, 1.82) is 0 Å². The molecule has 146 valence electrons. The largest absolute Gasteiger partial charge is 0.492 e. The zero-order valence-electron chi connectivity index (χ0n) is 15.1. The molecule has 6 nitrogen and oxygen atoms in total. The van der Waals surface area contributed by atoms with Crippen LogP contribution in [0.1, 0.15) is 32.8 Å². The number of fused-ring (bicyclic) bond motifs is 1. The summed E-state index contributed by atoms with van der Waals surface area (Å²) in [6.45, 7) is 6.29. The Bertz CT molecular complexity index is 658. The second-order valence-electron chi connectivity index (χ2n) is 6.96. The number of alkyl halides is 3. The maximum atomic E-state index is 13.6. The Morgan fingerprint density at radius 2 is 1.85 bits per heavy atom. The first-order valence-corrected chi connectivity index (χ1v) is 8.13. The molecule has 0 spiro atoms. The predicted molar refractivity (Wildman–Crippen MR) is 88.2 cm³/mol. The molecule has 2 rings (SSSR count). The van der Waals surface area contributed by atoms with Crippen molar-refractivity contribution < 1.29 is 32.2 Å². The van der Waals surface area contributed by atoms with Crippen molar-refractivity contribution in [2.75, 3.05) is 20.3 Å². The first-order valence-electron chi connectivity index (χ1n) is 8.13. The predicted octanol–water partition coefficient (Wildman–Crippen LogP) is 3.31. The lowest BCUT2D eigenvalue weighted by atomic mass is 9.87. The third-order valence-corrected chi connectivity index (χ3v) is 3.78. The van der Waals surface area contributed by atoms with Crippen LogP contribution in [0.2, 0.25) is 0 Å². The fourth-order valence-corrected chi connectivity index (χ4v) is 2.32. The highest BCUT2D eigenvalue weighted by Gasteiger charge is 2.65. The van der Waals surface area contributed by atoms with E-state index in [4.69, 9.17) is 14.2 Å². The molecule has 0 saturated carbocycles. The average molecular weight is 376 g/mol. The minimum absolute atomic E-state index is 0.0746. The zero-order chi connectivity index (χ0) is 19.6. The molecule has 1 aliphatic rings. The maximum absolute atomic E-state index is 13.6. The number of rotatable bonds is 5. The number of hydrogen-bond acceptors (Lipinski definition) is 4. The smallest absolute Gasteiger partial charge is 0.424 e. The Hall–Kier alpha value is -2.16. The van der Waals surface area contributed by atoms with Crippen LogP contribution in [0.15, 0.2) is 18.2 Å². The third-order valence-electron chi connectivity index (χ3n) is 3.78. The SMILES string of the molecule is COCCCNC(=O)NC1(C(F)(F)F)Oc2ccc(C(C)(C)C)cc2O1. The van der Waals surface area contributed by atoms with Gasteiger partial charge < -0.3 is 19.5 Å². The summed E-state index contributed by atoms with van der Waals surface area (Å²) in [5.41, 5.74) is 0.496. The molecule has 1 heterocycles. The fraction of sp³-hybridized carbons (Fsp3) is 0.588. The van der Waals surface area contributed by atoms with Crippen LogP contribution in [-0.2, 0) is 10.2 Å². The van der Waals surface area contributed by atoms with E-state index in [1.54, 1.807) is 11.4 Å². The van der Waals surface area contributed by atoms with Gasteiger partial charge in [-0.05, 0) is 29.5 Å². The number of methoxy groups -OCH3 is 1. The van der Waals surface area contributed by atoms with E-state index in [9.17, 15) is 18.0 Å². The van der Waals surface area contributed by atoms with Gasteiger partial charge >= 0.3 is 18.1 Å². The van der Waals surface area contributed by atoms with Crippen molar-refractivity contribution in [3.05, 3.63) is 23.8 Å². The van der Waals surface area contributed by atoms with Crippen LogP contribution >= 0.6 is 0 Å². The molecule has 1 unspecified atom stereocenters. The van der Waals surface area contributed by atoms with Gasteiger partial charge in [0.2, 0.25) is 0 Å². The van der Waals surface area contributed by atoms with Crippen molar-refractivity contribution >= 4 is 6.03 Å². The second-order valence-corrected chi connectivity index (χ2v) is 6.96. The number of carbonyl (C=O) groups excluding carboxylic acids is 1. The van der Waals surface area contributed by atoms with Gasteiger partial charge in [0.25, 0.3) is 0 Å². The molecule has 1 aromatic carbocycles. The molecule has 2 N–H and O–H groups in total. The molecule has 1 aromatic rings. The van der Waals surface area contributed by atoms with Crippen molar-refractivity contribution in [3.8, 4) is 11.5 Å². The van der Waals surface area contributed by atoms with Gasteiger partial charge in [0, 0.05) is 20.3 Å². The summed E-state index contributed by atoms with van der Waals surface area (Å²) in [4.78, 5) is 11.9. The lowest BCUT2D eigenvalue weighted by Gasteiger charge is -2.29. The van der Waals surface area contributed by atoms with E-state index in [1.807, 2.05) is 20.8 Å². The van der Waals surface area contributed by atoms with Crippen molar-refractivity contribution in [2.24, 2.45) is 0 Å². The number of carbonyl (C=O) groups is 1. The quantitative estimate of drug-likeness (QED) is 0.774. The topological polar surface area (TPSA) is 68.8 Å². The standard InChI is InChI=1S/C17H23F3N2O4/c1-15(2,3)11-6-7-12-13(10-11)26-17(25-12,16(18,19)20)22-14(23)21-8-5-9-24-4/h6-7,10H,5,8-9H2,1-4H3,(H2,21,22,23). The van der Waals surface area contributed by atoms with E-state index in [0.717, 1.165) is 5.56 Å². The van der Waals surface area contributed by atoms with Crippen LogP contribution < -0.4 is 20.1 Å². The highest BCUT2D eigenvalue weighted by Crippen LogP contribution is 2.46. The van der Waals surface area contributed by atoms with E-state index < -0.39 is 18.1 Å². The summed E-state index contributed by atoms with van der Waals surface area (Å²) in [6.07, 6.45) is -4.53. The Labute approximate surface area is 150 Å². The average Bonchev–Trinajstić information content (AvgIpc) is 2.88. The summed E-state index contributed by atoms with van der Waals surface area (Å²) < 4.78 is 55.7. The van der Waals surface area contributed by atoms with Gasteiger partial charge in [-0.25, -0.2) is 4.79 Å². The molecule has 2 amide bonds. The molecule has 0 saturated heterocycles. The van der Waals surface area contributed by atoms with Crippen LogP contribution in [0.25, 0.3) is 0 Å². The summed E-state index contributed by atoms with van der Waals surface area (Å²) in [6, 6.07) is 3.50. The first-order chi connectivity index (χ1) is 12.0. The molecular weight excluding hydrogens is 353 g/mol. The molecule has 1 aliphatic heterocycles. The van der Waals surface area contributed by atoms with Crippen LogP contribution in [0.5, 0.6) is 11.5 Å². The van der Waals surface area contributed by atoms with Crippen molar-refractivity contribution in [2.45, 2.75) is 44.7 Å². The summed E-state index contributed by atoms with van der Waals surface area (Å²) in [5, 5.41) is 4.07. The van der Waals surface area contributed by atoms with Gasteiger partial charge in [-0.15, -0.1) is 0 Å². The molecule has 0 fully saturated rings. The lowest BCUT2D eigenvalue weighted by molar-refractivity contribution is -0.317. The molecule has 0 radical (unpaired) electrons. The Morgan fingerprint density at radius 3 is 2.42 bits per heavy atom. The van der Waals surface area contributed by atoms with E-state index in [1.165, 1.54) is 19.2 Å². The third kappa shape index (κ3) is 4.32. The minimum atomic E-state index is -4.99. The minimum Gasteiger partial charge on any atom is -0.424 e. The first kappa shape index (κ1) is 20.2. The molecule has 0 aliphatic carbocycles. The number of nitrogens with one attached hydrogen (secondary N) is 2. The molecular formula is C17H23F3N2O4. The number of benzene rings is 1. The van der Waals surface area contributed by atoms with Gasteiger partial charge in [-0.2, -0.15) is 13.2 Å². The number of ether oxygens (including phenoxy) is 3. The van der Waals surface area contributed by atoms with Gasteiger partial charge in [0.05, 0.1) is 0 Å². The summed E-state index contributed by atoms with van der Waals surface area (Å²) in [5.74, 6) is -3.43. The Kier molecular flexibility index (Phi) is 5.60. The zero-order valence-corrected chi connectivity index (χ0v) is 15.1. The van der Waals surface area contributed by atoms with Crippen LogP contribution in [0.3, 0.4) is 0 Å². The lowest BCUT2D eigenvalue weighted by Crippen LogP contribution is -2.66. The monoisotopic (exact) mass is 376 g/mol. The van der Waals surface area contributed by atoms with E-state index in [-0.39, 0.29) is 23.5 Å². The highest BCUT2D eigenvalue weighted by molar-refractivity contribution is 5.74. The fourth-order valence-electron chi connectivity index (χ4n) is 2.32. The summed E-state index contributed by atoms with van der Waals surface area (Å²) >= 11 is 0. The van der Waals surface area contributed by atoms with E-state index >= 15 is 0 Å². The van der Waals surface area contributed by atoms with E-state index in [2.05, 4.69) is 5.32 Å². The number of halogens is 3. The maximum Gasteiger partial charge on any atom is 0.492 e. The van der Waals surface area contributed by atoms with Gasteiger partial charge in [-0.3, -0.25) is 5.32 Å². The normalized spacial score (nSPS) is 19.3. The molecule has 1 atom stereocenters. The second kappa shape index (κ2) is 7.22. The Morgan fingerprint density at radius 1 is 1.19 bits per heavy atom. The Balaban J connectivity index is 2.17.